The molecule has 0 spiro atoms. The molecule has 0 amide bonds. The number of hydrogen-bond donors (Lipinski definition) is 0. The van der Waals surface area contributed by atoms with Gasteiger partial charge in [0.25, 0.3) is 0 Å². The summed E-state index contributed by atoms with van der Waals surface area (Å²) in [6, 6.07) is 9.55. The monoisotopic (exact) mass is 538 g/mol. The Hall–Kier alpha value is -2.37. The van der Waals surface area contributed by atoms with Gasteiger partial charge in [0.05, 0.1) is 22.9 Å². The fourth-order valence-electron chi connectivity index (χ4n) is 8.43. The number of ketones is 1. The van der Waals surface area contributed by atoms with Crippen LogP contribution < -0.4 is 0 Å². The molecule has 4 aliphatic carbocycles. The second-order valence-corrected chi connectivity index (χ2v) is 12.5. The first-order valence-corrected chi connectivity index (χ1v) is 14.0. The number of carbonyl (C=O) groups excluding carboxylic acids is 2. The van der Waals surface area contributed by atoms with Gasteiger partial charge in [-0.2, -0.15) is 5.10 Å². The van der Waals surface area contributed by atoms with Gasteiger partial charge in [0.2, 0.25) is 0 Å². The summed E-state index contributed by atoms with van der Waals surface area (Å²) in [5.74, 6) is 1.35. The van der Waals surface area contributed by atoms with E-state index in [9.17, 15) is 9.59 Å². The maximum Gasteiger partial charge on any atom is 0.358 e. The minimum absolute atomic E-state index is 0.0524. The molecule has 6 rings (SSSR count). The summed E-state index contributed by atoms with van der Waals surface area (Å²) in [4.78, 5) is 24.8. The molecule has 0 radical (unpaired) electrons. The van der Waals surface area contributed by atoms with Crippen LogP contribution in [0, 0.1) is 28.6 Å². The van der Waals surface area contributed by atoms with Crippen LogP contribution in [0.4, 0.5) is 0 Å². The average molecular weight is 540 g/mol. The molecule has 1 heterocycles. The second-order valence-electron chi connectivity index (χ2n) is 11.7. The molecule has 1 aromatic heterocycles. The summed E-state index contributed by atoms with van der Waals surface area (Å²) in [5, 5.41) is 5.73. The summed E-state index contributed by atoms with van der Waals surface area (Å²) < 4.78 is 6.89. The van der Waals surface area contributed by atoms with Gasteiger partial charge in [-0.3, -0.25) is 4.79 Å². The number of fused-ring (bicyclic) bond motifs is 5. The van der Waals surface area contributed by atoms with Crippen molar-refractivity contribution in [3.8, 4) is 5.69 Å². The lowest BCUT2D eigenvalue weighted by Crippen LogP contribution is -2.49. The van der Waals surface area contributed by atoms with E-state index in [1.54, 1.807) is 6.08 Å². The molecule has 3 saturated carbocycles. The molecule has 5 nitrogen and oxygen atoms in total. The fourth-order valence-corrected chi connectivity index (χ4v) is 9.01. The Morgan fingerprint density at radius 2 is 1.89 bits per heavy atom. The molecular formula is C30H32Cl2N2O3. The quantitative estimate of drug-likeness (QED) is 0.385. The molecule has 194 valence electrons. The van der Waals surface area contributed by atoms with Crippen LogP contribution in [0.5, 0.6) is 0 Å². The molecule has 7 heteroatoms. The summed E-state index contributed by atoms with van der Waals surface area (Å²) >= 11 is 13.2. The van der Waals surface area contributed by atoms with Gasteiger partial charge in [-0.05, 0) is 91.5 Å². The molecular weight excluding hydrogens is 507 g/mol. The van der Waals surface area contributed by atoms with E-state index in [2.05, 4.69) is 25.0 Å². The maximum absolute atomic E-state index is 12.5. The summed E-state index contributed by atoms with van der Waals surface area (Å²) in [6.45, 7) is 4.73. The Bertz CT molecular complexity index is 1360. The van der Waals surface area contributed by atoms with E-state index >= 15 is 0 Å². The normalized spacial score (nSPS) is 34.7. The molecule has 6 atom stereocenters. The highest BCUT2D eigenvalue weighted by atomic mass is 35.5. The number of hydrogen-bond acceptors (Lipinski definition) is 4. The third kappa shape index (κ3) is 3.60. The van der Waals surface area contributed by atoms with Crippen LogP contribution in [-0.2, 0) is 9.53 Å². The van der Waals surface area contributed by atoms with Crippen LogP contribution in [0.15, 0.2) is 53.1 Å². The van der Waals surface area contributed by atoms with Crippen molar-refractivity contribution in [2.75, 3.05) is 7.11 Å². The van der Waals surface area contributed by atoms with E-state index in [1.165, 1.54) is 7.11 Å². The zero-order valence-corrected chi connectivity index (χ0v) is 23.0. The number of aromatic nitrogens is 2. The molecule has 2 aromatic rings. The lowest BCUT2D eigenvalue weighted by atomic mass is 9.47. The van der Waals surface area contributed by atoms with Gasteiger partial charge in [-0.1, -0.05) is 55.3 Å². The molecule has 0 saturated heterocycles. The topological polar surface area (TPSA) is 61.2 Å². The summed E-state index contributed by atoms with van der Waals surface area (Å²) in [6.07, 6.45) is 10.1. The van der Waals surface area contributed by atoms with Crippen molar-refractivity contribution < 1.29 is 14.3 Å². The fraction of sp³-hybridized carbons (Fsp3) is 0.500. The predicted octanol–water partition coefficient (Wildman–Crippen LogP) is 7.27. The zero-order chi connectivity index (χ0) is 26.1. The van der Waals surface area contributed by atoms with E-state index in [-0.39, 0.29) is 22.5 Å². The Morgan fingerprint density at radius 1 is 1.11 bits per heavy atom. The molecule has 0 bridgehead atoms. The molecule has 1 aromatic carbocycles. The van der Waals surface area contributed by atoms with E-state index in [1.807, 2.05) is 35.0 Å². The van der Waals surface area contributed by atoms with E-state index in [0.29, 0.717) is 33.5 Å². The Kier molecular flexibility index (Phi) is 5.96. The third-order valence-electron chi connectivity index (χ3n) is 10.2. The van der Waals surface area contributed by atoms with Crippen LogP contribution >= 0.6 is 23.2 Å². The van der Waals surface area contributed by atoms with Crippen molar-refractivity contribution in [1.82, 2.24) is 9.78 Å². The Labute approximate surface area is 227 Å². The molecule has 37 heavy (non-hydrogen) atoms. The first-order chi connectivity index (χ1) is 17.7. The smallest absolute Gasteiger partial charge is 0.358 e. The first-order valence-electron chi connectivity index (χ1n) is 13.2. The minimum atomic E-state index is -0.439. The molecule has 0 aliphatic heterocycles. The first kappa shape index (κ1) is 24.9. The van der Waals surface area contributed by atoms with Crippen LogP contribution in [0.25, 0.3) is 5.69 Å². The van der Waals surface area contributed by atoms with Crippen molar-refractivity contribution in [2.45, 2.75) is 58.3 Å². The lowest BCUT2D eigenvalue weighted by Gasteiger charge is -2.57. The van der Waals surface area contributed by atoms with Crippen LogP contribution in [-0.4, -0.2) is 28.6 Å². The van der Waals surface area contributed by atoms with Gasteiger partial charge < -0.3 is 4.74 Å². The third-order valence-corrected chi connectivity index (χ3v) is 11.0. The van der Waals surface area contributed by atoms with Crippen LogP contribution in [0.1, 0.15) is 74.5 Å². The zero-order valence-electron chi connectivity index (χ0n) is 21.5. The number of carbonyl (C=O) groups is 2. The number of benzene rings is 1. The van der Waals surface area contributed by atoms with Gasteiger partial charge >= 0.3 is 5.97 Å². The standard InChI is InChI=1S/C30H32Cl2N2O3/c1-29-14-12-19-17(8-9-21-27(32)26(35)13-15-30(19,21)2)18(29)10-11-20(29)25-16-23(28(36)37-3)33-34(25)24-7-5-4-6-22(24)31/h4-7,13,15-20H,8-12,14H2,1-3H3/t17-,18-,19-,20+,29-,30+/m0/s1. The predicted molar refractivity (Wildman–Crippen MR) is 144 cm³/mol. The minimum Gasteiger partial charge on any atom is -0.464 e. The highest BCUT2D eigenvalue weighted by Crippen LogP contribution is 2.68. The number of rotatable bonds is 3. The molecule has 4 aliphatic rings. The second kappa shape index (κ2) is 8.84. The van der Waals surface area contributed by atoms with E-state index in [4.69, 9.17) is 27.9 Å². The maximum atomic E-state index is 12.5. The van der Waals surface area contributed by atoms with Crippen molar-refractivity contribution in [3.05, 3.63) is 69.5 Å². The number of nitrogens with zero attached hydrogens (tertiary/aromatic N) is 2. The molecule has 3 fully saturated rings. The summed E-state index contributed by atoms with van der Waals surface area (Å²) in [5.41, 5.74) is 3.19. The van der Waals surface area contributed by atoms with Gasteiger partial charge in [0.1, 0.15) is 0 Å². The largest absolute Gasteiger partial charge is 0.464 e. The van der Waals surface area contributed by atoms with Crippen LogP contribution in [0.2, 0.25) is 5.02 Å². The highest BCUT2D eigenvalue weighted by molar-refractivity contribution is 6.45. The Morgan fingerprint density at radius 3 is 2.65 bits per heavy atom. The van der Waals surface area contributed by atoms with Crippen molar-refractivity contribution in [1.29, 1.82) is 0 Å². The number of allylic oxidation sites excluding steroid dienone is 4. The number of esters is 1. The lowest BCUT2D eigenvalue weighted by molar-refractivity contribution is -0.111. The van der Waals surface area contributed by atoms with Gasteiger partial charge in [-0.15, -0.1) is 0 Å². The molecule has 0 N–H and O–H groups in total. The van der Waals surface area contributed by atoms with Gasteiger partial charge in [0, 0.05) is 17.0 Å². The van der Waals surface area contributed by atoms with E-state index < -0.39 is 5.97 Å². The average Bonchev–Trinajstić information content (AvgIpc) is 3.47. The Balaban J connectivity index is 1.39. The SMILES string of the molecule is COC(=O)c1cc([C@H]2CC[C@H]3[C@@H]4CCC5=C(Cl)C(=O)C=C[C@]5(C)[C@H]4CC[C@]23C)n(-c2ccccc2Cl)n1. The number of methoxy groups -OCH3 is 1. The van der Waals surface area contributed by atoms with Gasteiger partial charge in [-0.25, -0.2) is 9.48 Å². The van der Waals surface area contributed by atoms with Crippen LogP contribution in [0.3, 0.4) is 0 Å². The van der Waals surface area contributed by atoms with Gasteiger partial charge in [0.15, 0.2) is 11.5 Å². The number of para-hydroxylation sites is 1. The number of halogens is 2. The highest BCUT2D eigenvalue weighted by Gasteiger charge is 2.59. The van der Waals surface area contributed by atoms with Crippen molar-refractivity contribution in [3.63, 3.8) is 0 Å². The van der Waals surface area contributed by atoms with Crippen molar-refractivity contribution in [2.24, 2.45) is 28.6 Å². The van der Waals surface area contributed by atoms with E-state index in [0.717, 1.165) is 55.5 Å². The molecule has 0 unspecified atom stereocenters. The van der Waals surface area contributed by atoms with Crippen molar-refractivity contribution >= 4 is 35.0 Å². The number of ether oxygens (including phenoxy) is 1. The summed E-state index contributed by atoms with van der Waals surface area (Å²) in [7, 11) is 1.39.